The van der Waals surface area contributed by atoms with Crippen LogP contribution in [0.15, 0.2) is 76.2 Å². The highest BCUT2D eigenvalue weighted by atomic mass is 32.2. The first kappa shape index (κ1) is 17.5. The van der Waals surface area contributed by atoms with E-state index in [-0.39, 0.29) is 22.3 Å². The van der Waals surface area contributed by atoms with Gasteiger partial charge in [-0.2, -0.15) is 0 Å². The minimum Gasteiger partial charge on any atom is -0.459 e. The van der Waals surface area contributed by atoms with Gasteiger partial charge in [0.05, 0.1) is 16.9 Å². The molecule has 0 saturated heterocycles. The number of carbonyl (C=O) groups is 1. The summed E-state index contributed by atoms with van der Waals surface area (Å²) >= 11 is 0. The molecule has 6 heteroatoms. The molecule has 1 aliphatic heterocycles. The highest BCUT2D eigenvalue weighted by Gasteiger charge is 2.28. The number of furan rings is 1. The van der Waals surface area contributed by atoms with E-state index in [9.17, 15) is 13.2 Å². The fourth-order valence-electron chi connectivity index (χ4n) is 3.37. The summed E-state index contributed by atoms with van der Waals surface area (Å²) in [5.41, 5.74) is 2.75. The van der Waals surface area contributed by atoms with Gasteiger partial charge in [0.1, 0.15) is 0 Å². The maximum atomic E-state index is 13.0. The standard InChI is InChI=1S/C21H19NO4S/c23-21(22-12-10-16-6-4-5-7-17(16)14-22)20-18(11-13-26-20)15-27(24,25)19-8-2-1-3-9-19/h1-9,11,13H,10,12,14-15H2. The van der Waals surface area contributed by atoms with Gasteiger partial charge in [0.2, 0.25) is 0 Å². The average Bonchev–Trinajstić information content (AvgIpc) is 3.15. The number of nitrogens with zero attached hydrogens (tertiary/aromatic N) is 1. The van der Waals surface area contributed by atoms with E-state index in [2.05, 4.69) is 6.07 Å². The molecule has 5 nitrogen and oxygen atoms in total. The summed E-state index contributed by atoms with van der Waals surface area (Å²) in [5.74, 6) is -0.430. The summed E-state index contributed by atoms with van der Waals surface area (Å²) in [6, 6.07) is 17.8. The lowest BCUT2D eigenvalue weighted by atomic mass is 9.99. The van der Waals surface area contributed by atoms with E-state index in [0.29, 0.717) is 18.7 Å². The molecule has 1 amide bonds. The number of amides is 1. The van der Waals surface area contributed by atoms with Crippen LogP contribution in [0.1, 0.15) is 27.2 Å². The molecule has 0 bridgehead atoms. The fourth-order valence-corrected chi connectivity index (χ4v) is 4.74. The van der Waals surface area contributed by atoms with Gasteiger partial charge in [-0.1, -0.05) is 42.5 Å². The Kier molecular flexibility index (Phi) is 4.58. The van der Waals surface area contributed by atoms with Crippen LogP contribution < -0.4 is 0 Å². The highest BCUT2D eigenvalue weighted by molar-refractivity contribution is 7.90. The Morgan fingerprint density at radius 1 is 0.963 bits per heavy atom. The summed E-state index contributed by atoms with van der Waals surface area (Å²) in [7, 11) is -3.55. The molecule has 0 aliphatic carbocycles. The number of hydrogen-bond donors (Lipinski definition) is 0. The average molecular weight is 381 g/mol. The molecule has 0 radical (unpaired) electrons. The third-order valence-electron chi connectivity index (χ3n) is 4.81. The molecule has 1 aliphatic rings. The van der Waals surface area contributed by atoms with Crippen LogP contribution in [-0.4, -0.2) is 25.8 Å². The number of sulfone groups is 1. The van der Waals surface area contributed by atoms with E-state index in [0.717, 1.165) is 12.0 Å². The molecule has 0 atom stereocenters. The Hall–Kier alpha value is -2.86. The third-order valence-corrected chi connectivity index (χ3v) is 6.49. The van der Waals surface area contributed by atoms with Crippen molar-refractivity contribution in [2.45, 2.75) is 23.6 Å². The molecule has 3 aromatic rings. The normalized spacial score (nSPS) is 14.0. The van der Waals surface area contributed by atoms with Crippen molar-refractivity contribution in [3.63, 3.8) is 0 Å². The predicted molar refractivity (Wildman–Crippen MR) is 101 cm³/mol. The van der Waals surface area contributed by atoms with Crippen molar-refractivity contribution in [3.05, 3.63) is 89.4 Å². The van der Waals surface area contributed by atoms with Crippen molar-refractivity contribution >= 4 is 15.7 Å². The first-order valence-electron chi connectivity index (χ1n) is 8.75. The van der Waals surface area contributed by atoms with Gasteiger partial charge < -0.3 is 9.32 Å². The molecule has 2 heterocycles. The topological polar surface area (TPSA) is 67.6 Å². The van der Waals surface area contributed by atoms with Crippen molar-refractivity contribution in [2.75, 3.05) is 6.54 Å². The lowest BCUT2D eigenvalue weighted by Crippen LogP contribution is -2.36. The molecule has 27 heavy (non-hydrogen) atoms. The molecule has 4 rings (SSSR count). The highest BCUT2D eigenvalue weighted by Crippen LogP contribution is 2.24. The number of carbonyl (C=O) groups excluding carboxylic acids is 1. The van der Waals surface area contributed by atoms with Crippen molar-refractivity contribution < 1.29 is 17.6 Å². The Labute approximate surface area is 158 Å². The van der Waals surface area contributed by atoms with E-state index in [4.69, 9.17) is 4.42 Å². The first-order chi connectivity index (χ1) is 13.0. The lowest BCUT2D eigenvalue weighted by Gasteiger charge is -2.28. The maximum absolute atomic E-state index is 13.0. The second-order valence-electron chi connectivity index (χ2n) is 6.59. The van der Waals surface area contributed by atoms with Crippen LogP contribution in [0, 0.1) is 0 Å². The minimum atomic E-state index is -3.55. The molecule has 0 N–H and O–H groups in total. The Morgan fingerprint density at radius 2 is 1.67 bits per heavy atom. The Balaban J connectivity index is 1.57. The minimum absolute atomic E-state index is 0.105. The summed E-state index contributed by atoms with van der Waals surface area (Å²) in [6.45, 7) is 1.09. The second kappa shape index (κ2) is 7.04. The van der Waals surface area contributed by atoms with E-state index >= 15 is 0 Å². The van der Waals surface area contributed by atoms with Gasteiger partial charge in [0, 0.05) is 18.7 Å². The molecule has 1 aromatic heterocycles. The van der Waals surface area contributed by atoms with Gasteiger partial charge in [0.15, 0.2) is 15.6 Å². The molecule has 0 fully saturated rings. The number of fused-ring (bicyclic) bond motifs is 1. The van der Waals surface area contributed by atoms with Crippen LogP contribution in [0.5, 0.6) is 0 Å². The van der Waals surface area contributed by atoms with Crippen molar-refractivity contribution in [2.24, 2.45) is 0 Å². The van der Waals surface area contributed by atoms with Crippen molar-refractivity contribution in [3.8, 4) is 0 Å². The molecule has 0 saturated carbocycles. The number of benzene rings is 2. The van der Waals surface area contributed by atoms with Crippen molar-refractivity contribution in [1.29, 1.82) is 0 Å². The molecule has 0 spiro atoms. The largest absolute Gasteiger partial charge is 0.459 e. The van der Waals surface area contributed by atoms with E-state index in [1.165, 1.54) is 11.8 Å². The van der Waals surface area contributed by atoms with Crippen LogP contribution in [0.25, 0.3) is 0 Å². The smallest absolute Gasteiger partial charge is 0.290 e. The maximum Gasteiger partial charge on any atom is 0.290 e. The monoisotopic (exact) mass is 381 g/mol. The number of hydrogen-bond acceptors (Lipinski definition) is 4. The quantitative estimate of drug-likeness (QED) is 0.694. The molecule has 138 valence electrons. The lowest BCUT2D eigenvalue weighted by molar-refractivity contribution is 0.0701. The van der Waals surface area contributed by atoms with E-state index in [1.807, 2.05) is 18.2 Å². The molecular weight excluding hydrogens is 362 g/mol. The zero-order chi connectivity index (χ0) is 18.9. The van der Waals surface area contributed by atoms with Crippen LogP contribution >= 0.6 is 0 Å². The summed E-state index contributed by atoms with van der Waals surface area (Å²) < 4.78 is 30.7. The van der Waals surface area contributed by atoms with Gasteiger partial charge in [0.25, 0.3) is 5.91 Å². The van der Waals surface area contributed by atoms with Gasteiger partial charge in [-0.05, 0) is 35.7 Å². The number of rotatable bonds is 4. The van der Waals surface area contributed by atoms with Gasteiger partial charge in [-0.3, -0.25) is 4.79 Å². The SMILES string of the molecule is O=C(c1occc1CS(=O)(=O)c1ccccc1)N1CCc2ccccc2C1. The van der Waals surface area contributed by atoms with Crippen molar-refractivity contribution in [1.82, 2.24) is 4.90 Å². The Morgan fingerprint density at radius 3 is 2.44 bits per heavy atom. The van der Waals surface area contributed by atoms with Gasteiger partial charge >= 0.3 is 0 Å². The van der Waals surface area contributed by atoms with Crippen LogP contribution in [0.3, 0.4) is 0 Å². The van der Waals surface area contributed by atoms with Gasteiger partial charge in [-0.15, -0.1) is 0 Å². The summed E-state index contributed by atoms with van der Waals surface area (Å²) in [5, 5.41) is 0. The first-order valence-corrected chi connectivity index (χ1v) is 10.4. The zero-order valence-corrected chi connectivity index (χ0v) is 15.5. The molecule has 2 aromatic carbocycles. The summed E-state index contributed by atoms with van der Waals surface area (Å²) in [6.07, 6.45) is 2.15. The molecule has 0 unspecified atom stereocenters. The zero-order valence-electron chi connectivity index (χ0n) is 14.7. The Bertz CT molecular complexity index is 1070. The summed E-state index contributed by atoms with van der Waals surface area (Å²) in [4.78, 5) is 14.9. The fraction of sp³-hybridized carbons (Fsp3) is 0.190. The van der Waals surface area contributed by atoms with E-state index in [1.54, 1.807) is 41.3 Å². The molecular formula is C21H19NO4S. The van der Waals surface area contributed by atoms with E-state index < -0.39 is 9.84 Å². The van der Waals surface area contributed by atoms with Crippen LogP contribution in [0.2, 0.25) is 0 Å². The van der Waals surface area contributed by atoms with Crippen LogP contribution in [0.4, 0.5) is 0 Å². The third kappa shape index (κ3) is 3.53. The second-order valence-corrected chi connectivity index (χ2v) is 8.58. The van der Waals surface area contributed by atoms with Gasteiger partial charge in [-0.25, -0.2) is 8.42 Å². The predicted octanol–water partition coefficient (Wildman–Crippen LogP) is 3.45. The van der Waals surface area contributed by atoms with Crippen LogP contribution in [-0.2, 0) is 28.6 Å².